The Labute approximate surface area is 197 Å². The molecule has 4 rings (SSSR count). The van der Waals surface area contributed by atoms with Crippen LogP contribution in [0.25, 0.3) is 5.57 Å². The van der Waals surface area contributed by atoms with Crippen LogP contribution in [0.15, 0.2) is 60.3 Å². The van der Waals surface area contributed by atoms with Crippen molar-refractivity contribution in [3.8, 4) is 0 Å². The van der Waals surface area contributed by atoms with Gasteiger partial charge in [-0.05, 0) is 74.2 Å². The van der Waals surface area contributed by atoms with Gasteiger partial charge < -0.3 is 5.32 Å². The lowest BCUT2D eigenvalue weighted by molar-refractivity contribution is -0.120. The Kier molecular flexibility index (Phi) is 5.85. The summed E-state index contributed by atoms with van der Waals surface area (Å²) >= 11 is 12.6. The van der Waals surface area contributed by atoms with E-state index < -0.39 is 11.8 Å². The molecule has 32 heavy (non-hydrogen) atoms. The predicted molar refractivity (Wildman–Crippen MR) is 131 cm³/mol. The molecule has 2 amide bonds. The standard InChI is InChI=1S/C26H22Cl2N2O2/c1-14-11-12-18(15(2)13-14)23-24(29-21-9-5-7-19(27)16(21)3)26(32)30(25(23)31)22-10-6-8-20(28)17(22)4/h5-13,29H,1-4H3. The van der Waals surface area contributed by atoms with E-state index in [2.05, 4.69) is 5.32 Å². The highest BCUT2D eigenvalue weighted by atomic mass is 35.5. The summed E-state index contributed by atoms with van der Waals surface area (Å²) < 4.78 is 0. The molecule has 3 aromatic rings. The lowest BCUT2D eigenvalue weighted by Gasteiger charge is -2.19. The Morgan fingerprint density at radius 2 is 1.44 bits per heavy atom. The largest absolute Gasteiger partial charge is 0.350 e. The SMILES string of the molecule is Cc1ccc(C2=C(Nc3cccc(Cl)c3C)C(=O)N(c3cccc(Cl)c3C)C2=O)c(C)c1. The van der Waals surface area contributed by atoms with E-state index in [0.29, 0.717) is 38.1 Å². The number of anilines is 2. The van der Waals surface area contributed by atoms with Crippen LogP contribution in [0.5, 0.6) is 0 Å². The summed E-state index contributed by atoms with van der Waals surface area (Å²) in [5.74, 6) is -0.829. The van der Waals surface area contributed by atoms with Crippen molar-refractivity contribution in [2.45, 2.75) is 27.7 Å². The molecule has 6 heteroatoms. The van der Waals surface area contributed by atoms with Crippen molar-refractivity contribution in [3.63, 3.8) is 0 Å². The molecule has 1 aliphatic heterocycles. The van der Waals surface area contributed by atoms with Crippen LogP contribution in [-0.2, 0) is 9.59 Å². The predicted octanol–water partition coefficient (Wildman–Crippen LogP) is 6.62. The highest BCUT2D eigenvalue weighted by Crippen LogP contribution is 2.38. The zero-order valence-electron chi connectivity index (χ0n) is 18.2. The molecule has 0 bridgehead atoms. The maximum Gasteiger partial charge on any atom is 0.282 e. The average molecular weight is 465 g/mol. The van der Waals surface area contributed by atoms with E-state index >= 15 is 0 Å². The minimum atomic E-state index is -0.435. The van der Waals surface area contributed by atoms with Gasteiger partial charge >= 0.3 is 0 Å². The van der Waals surface area contributed by atoms with Crippen LogP contribution >= 0.6 is 23.2 Å². The molecule has 0 atom stereocenters. The molecule has 1 aliphatic rings. The first-order chi connectivity index (χ1) is 15.2. The summed E-state index contributed by atoms with van der Waals surface area (Å²) in [7, 11) is 0. The van der Waals surface area contributed by atoms with Gasteiger partial charge in [-0.3, -0.25) is 9.59 Å². The minimum absolute atomic E-state index is 0.215. The molecule has 0 aromatic heterocycles. The van der Waals surface area contributed by atoms with E-state index in [1.165, 1.54) is 4.90 Å². The zero-order chi connectivity index (χ0) is 23.2. The van der Waals surface area contributed by atoms with Gasteiger partial charge in [-0.2, -0.15) is 0 Å². The van der Waals surface area contributed by atoms with Crippen molar-refractivity contribution < 1.29 is 9.59 Å². The molecule has 4 nitrogen and oxygen atoms in total. The molecule has 0 radical (unpaired) electrons. The van der Waals surface area contributed by atoms with Gasteiger partial charge in [0.2, 0.25) is 0 Å². The van der Waals surface area contributed by atoms with Gasteiger partial charge in [0.15, 0.2) is 0 Å². The molecule has 1 heterocycles. The number of nitrogens with zero attached hydrogens (tertiary/aromatic N) is 1. The third kappa shape index (κ3) is 3.70. The van der Waals surface area contributed by atoms with Gasteiger partial charge in [-0.1, -0.05) is 59.1 Å². The van der Waals surface area contributed by atoms with E-state index in [0.717, 1.165) is 16.7 Å². The summed E-state index contributed by atoms with van der Waals surface area (Å²) in [5.41, 5.74) is 5.82. The molecule has 0 saturated carbocycles. The lowest BCUT2D eigenvalue weighted by atomic mass is 9.97. The zero-order valence-corrected chi connectivity index (χ0v) is 19.7. The maximum atomic E-state index is 13.7. The first-order valence-electron chi connectivity index (χ1n) is 10.2. The van der Waals surface area contributed by atoms with Crippen LogP contribution in [-0.4, -0.2) is 11.8 Å². The van der Waals surface area contributed by atoms with Gasteiger partial charge in [0.05, 0.1) is 11.3 Å². The lowest BCUT2D eigenvalue weighted by Crippen LogP contribution is -2.33. The summed E-state index contributed by atoms with van der Waals surface area (Å²) in [6, 6.07) is 16.4. The monoisotopic (exact) mass is 464 g/mol. The number of nitrogens with one attached hydrogen (secondary N) is 1. The normalized spacial score (nSPS) is 13.9. The number of rotatable bonds is 4. The number of hydrogen-bond donors (Lipinski definition) is 1. The maximum absolute atomic E-state index is 13.7. The van der Waals surface area contributed by atoms with Crippen molar-refractivity contribution >= 4 is 52.0 Å². The Morgan fingerprint density at radius 3 is 2.12 bits per heavy atom. The van der Waals surface area contributed by atoms with Crippen molar-refractivity contribution in [3.05, 3.63) is 98.2 Å². The molecule has 0 unspecified atom stereocenters. The van der Waals surface area contributed by atoms with E-state index in [4.69, 9.17) is 23.2 Å². The van der Waals surface area contributed by atoms with E-state index in [1.807, 2.05) is 45.0 Å². The number of benzene rings is 3. The van der Waals surface area contributed by atoms with E-state index in [-0.39, 0.29) is 5.70 Å². The minimum Gasteiger partial charge on any atom is -0.350 e. The van der Waals surface area contributed by atoms with Crippen LogP contribution < -0.4 is 10.2 Å². The van der Waals surface area contributed by atoms with Crippen LogP contribution in [0, 0.1) is 27.7 Å². The number of aryl methyl sites for hydroxylation is 2. The number of hydrogen-bond acceptors (Lipinski definition) is 3. The third-order valence-electron chi connectivity index (χ3n) is 5.74. The smallest absolute Gasteiger partial charge is 0.282 e. The van der Waals surface area contributed by atoms with Crippen LogP contribution in [0.4, 0.5) is 11.4 Å². The quantitative estimate of drug-likeness (QED) is 0.441. The fourth-order valence-electron chi connectivity index (χ4n) is 3.92. The summed E-state index contributed by atoms with van der Waals surface area (Å²) in [6.07, 6.45) is 0. The summed E-state index contributed by atoms with van der Waals surface area (Å²) in [5, 5.41) is 4.27. The topological polar surface area (TPSA) is 49.4 Å². The van der Waals surface area contributed by atoms with Gasteiger partial charge in [0, 0.05) is 15.7 Å². The second-order valence-electron chi connectivity index (χ2n) is 7.94. The van der Waals surface area contributed by atoms with Gasteiger partial charge in [0.1, 0.15) is 5.70 Å². The van der Waals surface area contributed by atoms with Gasteiger partial charge in [0.25, 0.3) is 11.8 Å². The number of amides is 2. The van der Waals surface area contributed by atoms with Crippen LogP contribution in [0.1, 0.15) is 27.8 Å². The van der Waals surface area contributed by atoms with Gasteiger partial charge in [-0.15, -0.1) is 0 Å². The molecule has 0 fully saturated rings. The summed E-state index contributed by atoms with van der Waals surface area (Å²) in [6.45, 7) is 7.58. The fourth-order valence-corrected chi connectivity index (χ4v) is 4.27. The molecule has 0 saturated heterocycles. The van der Waals surface area contributed by atoms with Crippen LogP contribution in [0.2, 0.25) is 10.0 Å². The number of halogens is 2. The molecule has 0 aliphatic carbocycles. The number of carbonyl (C=O) groups excluding carboxylic acids is 2. The Hall–Kier alpha value is -3.08. The second kappa shape index (κ2) is 8.45. The molecular formula is C26H22Cl2N2O2. The Bertz CT molecular complexity index is 1310. The molecule has 1 N–H and O–H groups in total. The highest BCUT2D eigenvalue weighted by Gasteiger charge is 2.41. The van der Waals surface area contributed by atoms with Crippen molar-refractivity contribution in [2.24, 2.45) is 0 Å². The highest BCUT2D eigenvalue weighted by molar-refractivity contribution is 6.47. The second-order valence-corrected chi connectivity index (χ2v) is 8.75. The summed E-state index contributed by atoms with van der Waals surface area (Å²) in [4.78, 5) is 28.6. The van der Waals surface area contributed by atoms with E-state index in [1.54, 1.807) is 37.3 Å². The van der Waals surface area contributed by atoms with Crippen molar-refractivity contribution in [1.29, 1.82) is 0 Å². The number of carbonyl (C=O) groups is 2. The first kappa shape index (κ1) is 22.1. The third-order valence-corrected chi connectivity index (χ3v) is 6.56. The van der Waals surface area contributed by atoms with E-state index in [9.17, 15) is 9.59 Å². The first-order valence-corrected chi connectivity index (χ1v) is 10.9. The van der Waals surface area contributed by atoms with Crippen molar-refractivity contribution in [2.75, 3.05) is 10.2 Å². The van der Waals surface area contributed by atoms with Gasteiger partial charge in [-0.25, -0.2) is 4.90 Å². The Morgan fingerprint density at radius 1 is 0.781 bits per heavy atom. The fraction of sp³-hybridized carbons (Fsp3) is 0.154. The van der Waals surface area contributed by atoms with Crippen molar-refractivity contribution in [1.82, 2.24) is 0 Å². The molecule has 0 spiro atoms. The van der Waals surface area contributed by atoms with Crippen LogP contribution in [0.3, 0.4) is 0 Å². The number of imide groups is 1. The average Bonchev–Trinajstić information content (AvgIpc) is 2.98. The Balaban J connectivity index is 1.92. The molecule has 162 valence electrons. The molecular weight excluding hydrogens is 443 g/mol. The molecule has 3 aromatic carbocycles.